The van der Waals surface area contributed by atoms with Crippen LogP contribution in [0.5, 0.6) is 0 Å². The SMILES string of the molecule is Cc1cc2c(cc1-c1ccc3c(n1)-c1ncccc1C3(C)C)C(C)(C)c1cc(N(c3ccccc3)c3ccccc3)c(C)cc1-2. The van der Waals surface area contributed by atoms with E-state index in [-0.39, 0.29) is 10.8 Å². The van der Waals surface area contributed by atoms with Gasteiger partial charge in [-0.2, -0.15) is 0 Å². The molecule has 2 aliphatic carbocycles. The monoisotopic (exact) mass is 583 g/mol. The van der Waals surface area contributed by atoms with Crippen LogP contribution in [0.2, 0.25) is 0 Å². The van der Waals surface area contributed by atoms with Crippen molar-refractivity contribution < 1.29 is 0 Å². The van der Waals surface area contributed by atoms with Crippen LogP contribution < -0.4 is 4.90 Å². The quantitative estimate of drug-likeness (QED) is 0.207. The number of fused-ring (bicyclic) bond motifs is 6. The van der Waals surface area contributed by atoms with Gasteiger partial charge in [-0.1, -0.05) is 82.3 Å². The van der Waals surface area contributed by atoms with Crippen molar-refractivity contribution in [3.05, 3.63) is 149 Å². The lowest BCUT2D eigenvalue weighted by Crippen LogP contribution is -2.17. The first-order valence-corrected chi connectivity index (χ1v) is 15.8. The summed E-state index contributed by atoms with van der Waals surface area (Å²) in [6.07, 6.45) is 1.88. The van der Waals surface area contributed by atoms with Gasteiger partial charge in [-0.15, -0.1) is 0 Å². The number of benzene rings is 4. The fourth-order valence-electron chi connectivity index (χ4n) is 7.67. The molecule has 2 aromatic heterocycles. The maximum Gasteiger partial charge on any atom is 0.0937 e. The number of hydrogen-bond donors (Lipinski definition) is 0. The van der Waals surface area contributed by atoms with Gasteiger partial charge in [-0.3, -0.25) is 4.98 Å². The molecular formula is C42H37N3. The lowest BCUT2D eigenvalue weighted by Gasteiger charge is -2.29. The van der Waals surface area contributed by atoms with Gasteiger partial charge in [-0.05, 0) is 113 Å². The fourth-order valence-corrected chi connectivity index (χ4v) is 7.67. The lowest BCUT2D eigenvalue weighted by atomic mass is 9.80. The third-order valence-electron chi connectivity index (χ3n) is 10.2. The van der Waals surface area contributed by atoms with Crippen LogP contribution in [0.4, 0.5) is 17.1 Å². The maximum atomic E-state index is 5.29. The molecular weight excluding hydrogens is 546 g/mol. The van der Waals surface area contributed by atoms with Crippen molar-refractivity contribution in [1.82, 2.24) is 9.97 Å². The summed E-state index contributed by atoms with van der Waals surface area (Å²) in [6.45, 7) is 13.7. The van der Waals surface area contributed by atoms with E-state index in [1.54, 1.807) is 0 Å². The van der Waals surface area contributed by atoms with Crippen LogP contribution in [0.1, 0.15) is 61.1 Å². The minimum absolute atomic E-state index is 0.107. The molecule has 0 bridgehead atoms. The Kier molecular flexibility index (Phi) is 5.96. The Hall–Kier alpha value is -5.02. The molecule has 220 valence electrons. The highest BCUT2D eigenvalue weighted by molar-refractivity contribution is 5.89. The number of aromatic nitrogens is 2. The number of hydrogen-bond acceptors (Lipinski definition) is 3. The van der Waals surface area contributed by atoms with Gasteiger partial charge in [0.1, 0.15) is 0 Å². The summed E-state index contributed by atoms with van der Waals surface area (Å²) in [7, 11) is 0. The smallest absolute Gasteiger partial charge is 0.0937 e. The number of nitrogens with zero attached hydrogens (tertiary/aromatic N) is 3. The van der Waals surface area contributed by atoms with E-state index in [0.717, 1.165) is 28.5 Å². The zero-order valence-corrected chi connectivity index (χ0v) is 26.8. The van der Waals surface area contributed by atoms with E-state index in [9.17, 15) is 0 Å². The van der Waals surface area contributed by atoms with Crippen molar-refractivity contribution in [1.29, 1.82) is 0 Å². The summed E-state index contributed by atoms with van der Waals surface area (Å²) in [5.41, 5.74) is 17.8. The third kappa shape index (κ3) is 4.03. The highest BCUT2D eigenvalue weighted by Gasteiger charge is 2.39. The molecule has 0 aliphatic heterocycles. The molecule has 8 rings (SSSR count). The Morgan fingerprint density at radius 1 is 0.511 bits per heavy atom. The molecule has 2 aliphatic rings. The second-order valence-corrected chi connectivity index (χ2v) is 13.6. The van der Waals surface area contributed by atoms with Crippen molar-refractivity contribution in [2.75, 3.05) is 4.90 Å². The van der Waals surface area contributed by atoms with E-state index >= 15 is 0 Å². The molecule has 0 amide bonds. The Labute approximate surface area is 266 Å². The zero-order valence-electron chi connectivity index (χ0n) is 26.8. The molecule has 0 spiro atoms. The number of aryl methyl sites for hydroxylation is 2. The number of anilines is 3. The molecule has 0 radical (unpaired) electrons. The summed E-state index contributed by atoms with van der Waals surface area (Å²) in [6, 6.07) is 39.7. The van der Waals surface area contributed by atoms with Gasteiger partial charge in [0, 0.05) is 39.7 Å². The van der Waals surface area contributed by atoms with Crippen LogP contribution in [-0.2, 0) is 10.8 Å². The molecule has 0 N–H and O–H groups in total. The standard InChI is InChI=1S/C42H37N3/c1-26-22-31-32-23-27(2)38(45(28-14-9-7-10-15-28)29-16-11-8-12-17-29)25-36(32)42(5,6)35(31)24-30(26)37-20-19-34-40(44-37)39-33(41(34,3)4)18-13-21-43-39/h7-25H,1-6H3. The van der Waals surface area contributed by atoms with E-state index in [4.69, 9.17) is 9.97 Å². The largest absolute Gasteiger partial charge is 0.310 e. The summed E-state index contributed by atoms with van der Waals surface area (Å²) in [4.78, 5) is 12.4. The van der Waals surface area contributed by atoms with Crippen LogP contribution in [0, 0.1) is 13.8 Å². The molecule has 4 aromatic carbocycles. The zero-order chi connectivity index (χ0) is 31.1. The lowest BCUT2D eigenvalue weighted by molar-refractivity contribution is 0.658. The predicted molar refractivity (Wildman–Crippen MR) is 187 cm³/mol. The minimum Gasteiger partial charge on any atom is -0.310 e. The number of rotatable bonds is 4. The highest BCUT2D eigenvalue weighted by Crippen LogP contribution is 2.53. The van der Waals surface area contributed by atoms with Gasteiger partial charge in [0.15, 0.2) is 0 Å². The highest BCUT2D eigenvalue weighted by atomic mass is 15.1. The Morgan fingerprint density at radius 2 is 1.09 bits per heavy atom. The van der Waals surface area contributed by atoms with Crippen LogP contribution in [-0.4, -0.2) is 9.97 Å². The number of pyridine rings is 2. The summed E-state index contributed by atoms with van der Waals surface area (Å²) >= 11 is 0. The molecule has 0 fully saturated rings. The molecule has 2 heterocycles. The molecule has 3 nitrogen and oxygen atoms in total. The van der Waals surface area contributed by atoms with E-state index in [2.05, 4.69) is 150 Å². The summed E-state index contributed by atoms with van der Waals surface area (Å²) in [5, 5.41) is 0. The van der Waals surface area contributed by atoms with Crippen LogP contribution >= 0.6 is 0 Å². The van der Waals surface area contributed by atoms with Gasteiger partial charge in [-0.25, -0.2) is 4.98 Å². The van der Waals surface area contributed by atoms with Crippen molar-refractivity contribution in [3.63, 3.8) is 0 Å². The normalized spacial score (nSPS) is 14.8. The van der Waals surface area contributed by atoms with Crippen molar-refractivity contribution >= 4 is 17.1 Å². The van der Waals surface area contributed by atoms with Gasteiger partial charge in [0.25, 0.3) is 0 Å². The molecule has 0 saturated carbocycles. The van der Waals surface area contributed by atoms with Gasteiger partial charge in [0.05, 0.1) is 17.1 Å². The molecule has 0 atom stereocenters. The second-order valence-electron chi connectivity index (χ2n) is 13.6. The Morgan fingerprint density at radius 3 is 1.76 bits per heavy atom. The molecule has 0 saturated heterocycles. The number of para-hydroxylation sites is 2. The van der Waals surface area contributed by atoms with Crippen LogP contribution in [0.25, 0.3) is 33.8 Å². The van der Waals surface area contributed by atoms with Gasteiger partial charge in [0.2, 0.25) is 0 Å². The molecule has 3 heteroatoms. The van der Waals surface area contributed by atoms with E-state index in [0.29, 0.717) is 0 Å². The summed E-state index contributed by atoms with van der Waals surface area (Å²) < 4.78 is 0. The third-order valence-corrected chi connectivity index (χ3v) is 10.2. The first kappa shape index (κ1) is 27.5. The average molecular weight is 584 g/mol. The molecule has 0 unspecified atom stereocenters. The molecule has 6 aromatic rings. The Balaban J connectivity index is 1.26. The predicted octanol–water partition coefficient (Wildman–Crippen LogP) is 10.8. The first-order valence-electron chi connectivity index (χ1n) is 15.8. The van der Waals surface area contributed by atoms with Crippen LogP contribution in [0.15, 0.2) is 115 Å². The van der Waals surface area contributed by atoms with Crippen molar-refractivity contribution in [2.24, 2.45) is 0 Å². The van der Waals surface area contributed by atoms with Gasteiger partial charge >= 0.3 is 0 Å². The maximum absolute atomic E-state index is 5.29. The van der Waals surface area contributed by atoms with E-state index in [1.807, 2.05) is 12.3 Å². The molecule has 45 heavy (non-hydrogen) atoms. The van der Waals surface area contributed by atoms with Gasteiger partial charge < -0.3 is 4.90 Å². The Bertz CT molecular complexity index is 2080. The second kappa shape index (κ2) is 9.74. The summed E-state index contributed by atoms with van der Waals surface area (Å²) in [5.74, 6) is 0. The first-order chi connectivity index (χ1) is 21.7. The van der Waals surface area contributed by atoms with Crippen LogP contribution in [0.3, 0.4) is 0 Å². The fraction of sp³-hybridized carbons (Fsp3) is 0.190. The van der Waals surface area contributed by atoms with E-state index < -0.39 is 0 Å². The minimum atomic E-state index is -0.179. The average Bonchev–Trinajstić information content (AvgIpc) is 3.40. The van der Waals surface area contributed by atoms with Crippen molar-refractivity contribution in [2.45, 2.75) is 52.4 Å². The van der Waals surface area contributed by atoms with E-state index in [1.165, 1.54) is 55.8 Å². The van der Waals surface area contributed by atoms with Crippen molar-refractivity contribution in [3.8, 4) is 33.8 Å². The topological polar surface area (TPSA) is 29.0 Å².